The molecular formula is C20H30O4. The van der Waals surface area contributed by atoms with Crippen LogP contribution in [0.2, 0.25) is 0 Å². The van der Waals surface area contributed by atoms with Gasteiger partial charge in [0, 0.05) is 12.8 Å². The molecule has 4 heteroatoms. The number of aryl methyl sites for hydroxylation is 1. The minimum absolute atomic E-state index is 0.0955. The molecule has 0 radical (unpaired) electrons. The summed E-state index contributed by atoms with van der Waals surface area (Å²) in [6, 6.07) is 5.13. The number of hydrogen-bond acceptors (Lipinski definition) is 4. The number of hydrogen-bond donors (Lipinski definition) is 2. The fourth-order valence-corrected chi connectivity index (χ4v) is 3.53. The molecule has 0 bridgehead atoms. The number of carbonyl (C=O) groups is 1. The first-order chi connectivity index (χ1) is 11.6. The fourth-order valence-electron chi connectivity index (χ4n) is 3.53. The van der Waals surface area contributed by atoms with Gasteiger partial charge in [0.1, 0.15) is 5.78 Å². The quantitative estimate of drug-likeness (QED) is 0.716. The number of ketones is 1. The Hall–Kier alpha value is -1.55. The van der Waals surface area contributed by atoms with Gasteiger partial charge in [0.05, 0.1) is 13.2 Å². The lowest BCUT2D eigenvalue weighted by Gasteiger charge is -2.22. The Balaban J connectivity index is 1.68. The molecule has 1 aliphatic rings. The zero-order chi connectivity index (χ0) is 17.4. The van der Waals surface area contributed by atoms with Crippen molar-refractivity contribution in [1.29, 1.82) is 0 Å². The smallest absolute Gasteiger partial charge is 0.160 e. The molecule has 2 rings (SSSR count). The van der Waals surface area contributed by atoms with E-state index in [2.05, 4.69) is 0 Å². The summed E-state index contributed by atoms with van der Waals surface area (Å²) in [5.74, 6) is 1.37. The highest BCUT2D eigenvalue weighted by Crippen LogP contribution is 2.28. The number of benzene rings is 1. The van der Waals surface area contributed by atoms with Gasteiger partial charge in [-0.15, -0.1) is 0 Å². The van der Waals surface area contributed by atoms with E-state index in [1.54, 1.807) is 18.2 Å². The van der Waals surface area contributed by atoms with Crippen molar-refractivity contribution in [2.24, 2.45) is 5.92 Å². The lowest BCUT2D eigenvalue weighted by molar-refractivity contribution is -0.121. The Kier molecular flexibility index (Phi) is 7.57. The third-order valence-corrected chi connectivity index (χ3v) is 5.03. The van der Waals surface area contributed by atoms with Crippen molar-refractivity contribution >= 4 is 5.78 Å². The van der Waals surface area contributed by atoms with Crippen molar-refractivity contribution in [2.75, 3.05) is 7.11 Å². The number of carbonyl (C=O) groups excluding carboxylic acids is 1. The minimum atomic E-state index is -0.506. The molecule has 0 aromatic heterocycles. The third kappa shape index (κ3) is 6.16. The van der Waals surface area contributed by atoms with Gasteiger partial charge in [0.2, 0.25) is 0 Å². The molecule has 0 amide bonds. The predicted molar refractivity (Wildman–Crippen MR) is 94.4 cm³/mol. The van der Waals surface area contributed by atoms with Gasteiger partial charge < -0.3 is 14.9 Å². The van der Waals surface area contributed by atoms with Gasteiger partial charge in [-0.1, -0.05) is 38.2 Å². The number of methoxy groups -OCH3 is 1. The first kappa shape index (κ1) is 18.8. The SMILES string of the molecule is COc1cc(CCC(=O)CC(O)CCC2CCCCC2)ccc1O. The van der Waals surface area contributed by atoms with E-state index in [-0.39, 0.29) is 18.0 Å². The number of aromatic hydroxyl groups is 1. The molecule has 4 nitrogen and oxygen atoms in total. The lowest BCUT2D eigenvalue weighted by Crippen LogP contribution is -2.16. The molecule has 2 N–H and O–H groups in total. The van der Waals surface area contributed by atoms with Crippen molar-refractivity contribution in [3.8, 4) is 11.5 Å². The summed E-state index contributed by atoms with van der Waals surface area (Å²) in [4.78, 5) is 12.1. The second kappa shape index (κ2) is 9.67. The Morgan fingerprint density at radius 1 is 1.29 bits per heavy atom. The van der Waals surface area contributed by atoms with Crippen LogP contribution in [0.3, 0.4) is 0 Å². The largest absolute Gasteiger partial charge is 0.504 e. The molecule has 134 valence electrons. The Labute approximate surface area is 144 Å². The topological polar surface area (TPSA) is 66.8 Å². The average molecular weight is 334 g/mol. The fraction of sp³-hybridized carbons (Fsp3) is 0.650. The molecule has 1 aromatic rings. The van der Waals surface area contributed by atoms with Crippen LogP contribution in [0.4, 0.5) is 0 Å². The highest BCUT2D eigenvalue weighted by Gasteiger charge is 2.17. The van der Waals surface area contributed by atoms with Crippen LogP contribution in [0.1, 0.15) is 63.4 Å². The van der Waals surface area contributed by atoms with E-state index in [1.165, 1.54) is 39.2 Å². The molecular weight excluding hydrogens is 304 g/mol. The van der Waals surface area contributed by atoms with Crippen LogP contribution < -0.4 is 4.74 Å². The van der Waals surface area contributed by atoms with E-state index >= 15 is 0 Å². The first-order valence-corrected chi connectivity index (χ1v) is 9.14. The van der Waals surface area contributed by atoms with Gasteiger partial charge in [-0.05, 0) is 42.9 Å². The summed E-state index contributed by atoms with van der Waals surface area (Å²) in [5, 5.41) is 19.7. The zero-order valence-corrected chi connectivity index (χ0v) is 14.7. The van der Waals surface area contributed by atoms with E-state index in [1.807, 2.05) is 0 Å². The Morgan fingerprint density at radius 2 is 2.04 bits per heavy atom. The molecule has 24 heavy (non-hydrogen) atoms. The Morgan fingerprint density at radius 3 is 2.75 bits per heavy atom. The summed E-state index contributed by atoms with van der Waals surface area (Å²) in [6.07, 6.45) is 9.08. The van der Waals surface area contributed by atoms with Crippen molar-refractivity contribution in [3.05, 3.63) is 23.8 Å². The van der Waals surface area contributed by atoms with Gasteiger partial charge in [-0.3, -0.25) is 4.79 Å². The highest BCUT2D eigenvalue weighted by molar-refractivity contribution is 5.79. The maximum atomic E-state index is 12.1. The van der Waals surface area contributed by atoms with Crippen LogP contribution in [0.15, 0.2) is 18.2 Å². The van der Waals surface area contributed by atoms with E-state index in [0.29, 0.717) is 18.6 Å². The van der Waals surface area contributed by atoms with Crippen LogP contribution in [0.5, 0.6) is 11.5 Å². The molecule has 0 saturated heterocycles. The number of phenols is 1. The van der Waals surface area contributed by atoms with Crippen LogP contribution >= 0.6 is 0 Å². The van der Waals surface area contributed by atoms with Crippen LogP contribution in [-0.2, 0) is 11.2 Å². The summed E-state index contributed by atoms with van der Waals surface area (Å²) >= 11 is 0. The van der Waals surface area contributed by atoms with Crippen molar-refractivity contribution in [3.63, 3.8) is 0 Å². The second-order valence-corrected chi connectivity index (χ2v) is 6.98. The van der Waals surface area contributed by atoms with E-state index < -0.39 is 6.10 Å². The van der Waals surface area contributed by atoms with Crippen LogP contribution in [0, 0.1) is 5.92 Å². The maximum absolute atomic E-state index is 12.1. The highest BCUT2D eigenvalue weighted by atomic mass is 16.5. The molecule has 0 heterocycles. The maximum Gasteiger partial charge on any atom is 0.160 e. The molecule has 1 fully saturated rings. The van der Waals surface area contributed by atoms with Crippen molar-refractivity contribution in [1.82, 2.24) is 0 Å². The molecule has 0 aliphatic heterocycles. The number of ether oxygens (including phenoxy) is 1. The summed E-state index contributed by atoms with van der Waals surface area (Å²) in [7, 11) is 1.51. The second-order valence-electron chi connectivity index (χ2n) is 6.98. The number of phenolic OH excluding ortho intramolecular Hbond substituents is 1. The average Bonchev–Trinajstić information content (AvgIpc) is 2.60. The van der Waals surface area contributed by atoms with E-state index in [9.17, 15) is 15.0 Å². The van der Waals surface area contributed by atoms with E-state index in [4.69, 9.17) is 4.74 Å². The monoisotopic (exact) mass is 334 g/mol. The molecule has 1 saturated carbocycles. The number of rotatable bonds is 9. The van der Waals surface area contributed by atoms with Gasteiger partial charge in [-0.2, -0.15) is 0 Å². The van der Waals surface area contributed by atoms with E-state index in [0.717, 1.165) is 24.3 Å². The molecule has 1 atom stereocenters. The van der Waals surface area contributed by atoms with Crippen molar-refractivity contribution < 1.29 is 19.7 Å². The van der Waals surface area contributed by atoms with Crippen LogP contribution in [0.25, 0.3) is 0 Å². The first-order valence-electron chi connectivity index (χ1n) is 9.14. The van der Waals surface area contributed by atoms with Gasteiger partial charge in [-0.25, -0.2) is 0 Å². The summed E-state index contributed by atoms with van der Waals surface area (Å²) < 4.78 is 5.07. The van der Waals surface area contributed by atoms with Gasteiger partial charge in [0.25, 0.3) is 0 Å². The normalized spacial score (nSPS) is 16.8. The van der Waals surface area contributed by atoms with Gasteiger partial charge in [0.15, 0.2) is 11.5 Å². The summed E-state index contributed by atoms with van der Waals surface area (Å²) in [6.45, 7) is 0. The lowest BCUT2D eigenvalue weighted by atomic mass is 9.85. The number of Topliss-reactive ketones (excluding diaryl/α,β-unsaturated/α-hetero) is 1. The van der Waals surface area contributed by atoms with Crippen molar-refractivity contribution in [2.45, 2.75) is 70.3 Å². The minimum Gasteiger partial charge on any atom is -0.504 e. The predicted octanol–water partition coefficient (Wildman–Crippen LogP) is 4.01. The van der Waals surface area contributed by atoms with Gasteiger partial charge >= 0.3 is 0 Å². The molecule has 1 aliphatic carbocycles. The zero-order valence-electron chi connectivity index (χ0n) is 14.7. The van der Waals surface area contributed by atoms with Crippen LogP contribution in [-0.4, -0.2) is 29.2 Å². The summed E-state index contributed by atoms with van der Waals surface area (Å²) in [5.41, 5.74) is 0.953. The standard InChI is InChI=1S/C20H30O4/c1-24-20-13-16(9-12-19(20)23)8-11-18(22)14-17(21)10-7-15-5-3-2-4-6-15/h9,12-13,15,17,21,23H,2-8,10-11,14H2,1H3. The Bertz CT molecular complexity index is 520. The number of aliphatic hydroxyl groups excluding tert-OH is 1. The molecule has 1 aromatic carbocycles. The molecule has 0 spiro atoms. The number of aliphatic hydroxyl groups is 1. The third-order valence-electron chi connectivity index (χ3n) is 5.03. The molecule has 1 unspecified atom stereocenters.